The SMILES string of the molecule is CCCCCCCCCCC/C=C/CCCc1ccccc1N=C(C#CCCCCCCCCCCCCCCCCCC)C(CCCC)=Nc1ccccc1CCC/C=C/CCCCCCCCCCC.[Ni]. The van der Waals surface area contributed by atoms with Crippen molar-refractivity contribution in [2.45, 2.75) is 323 Å². The van der Waals surface area contributed by atoms with Gasteiger partial charge in [0.1, 0.15) is 5.71 Å². The molecule has 2 rings (SSSR count). The normalized spacial score (nSPS) is 12.0. The summed E-state index contributed by atoms with van der Waals surface area (Å²) in [6, 6.07) is 17.7. The summed E-state index contributed by atoms with van der Waals surface area (Å²) < 4.78 is 0. The van der Waals surface area contributed by atoms with Crippen LogP contribution in [0.15, 0.2) is 82.8 Å². The van der Waals surface area contributed by atoms with Crippen molar-refractivity contribution in [3.63, 3.8) is 0 Å². The molecule has 416 valence electrons. The van der Waals surface area contributed by atoms with Crippen LogP contribution in [0.2, 0.25) is 0 Å². The molecule has 2 aromatic rings. The van der Waals surface area contributed by atoms with Gasteiger partial charge in [-0.1, -0.05) is 300 Å². The predicted molar refractivity (Wildman–Crippen MR) is 326 cm³/mol. The van der Waals surface area contributed by atoms with Gasteiger partial charge in [0.2, 0.25) is 0 Å². The fourth-order valence-electron chi connectivity index (χ4n) is 10.0. The molecule has 0 aliphatic carbocycles. The van der Waals surface area contributed by atoms with E-state index >= 15 is 0 Å². The predicted octanol–water partition coefficient (Wildman–Crippen LogP) is 24.0. The Balaban J connectivity index is 0.0000266. The van der Waals surface area contributed by atoms with E-state index in [-0.39, 0.29) is 16.5 Å². The summed E-state index contributed by atoms with van der Waals surface area (Å²) in [5.41, 5.74) is 6.75. The number of benzene rings is 2. The summed E-state index contributed by atoms with van der Waals surface area (Å²) in [4.78, 5) is 11.0. The van der Waals surface area contributed by atoms with E-state index in [1.165, 1.54) is 242 Å². The molecule has 0 aliphatic heterocycles. The molecular formula is C70H116N2Ni. The Kier molecular flexibility index (Phi) is 50.7. The second kappa shape index (κ2) is 54.1. The standard InChI is InChI=1S/C70H116N2.Ni/c1-5-9-13-16-19-22-25-28-31-32-33-34-37-40-43-46-49-52-64-70(72-68-63-56-54-60-66(68)58-51-48-45-42-39-36-30-27-24-21-18-15-11-7-3)69(61-12-8-4)71-67-62-55-53-59-65(67)57-50-47-44-41-38-35-29-26-23-20-17-14-10-6-2;/h41-42,44-45,53-56,59-60,62-63H,5-40,43,46-51,57-58,61H2,1-4H3;/b44-41+,45-42+,71-69?,72-70?;. The van der Waals surface area contributed by atoms with Crippen molar-refractivity contribution < 1.29 is 16.5 Å². The fourth-order valence-corrected chi connectivity index (χ4v) is 10.0. The van der Waals surface area contributed by atoms with Crippen molar-refractivity contribution in [2.75, 3.05) is 0 Å². The number of allylic oxidation sites excluding steroid dienone is 4. The second-order valence-electron chi connectivity index (χ2n) is 21.7. The Morgan fingerprint density at radius 1 is 0.356 bits per heavy atom. The minimum Gasteiger partial charge on any atom is -0.250 e. The summed E-state index contributed by atoms with van der Waals surface area (Å²) in [6.07, 6.45) is 70.1. The summed E-state index contributed by atoms with van der Waals surface area (Å²) in [7, 11) is 0. The molecule has 0 radical (unpaired) electrons. The molecule has 0 heterocycles. The van der Waals surface area contributed by atoms with E-state index in [1.807, 2.05) is 0 Å². The van der Waals surface area contributed by atoms with Crippen molar-refractivity contribution >= 4 is 22.8 Å². The van der Waals surface area contributed by atoms with Crippen LogP contribution < -0.4 is 0 Å². The second-order valence-corrected chi connectivity index (χ2v) is 21.7. The van der Waals surface area contributed by atoms with Crippen molar-refractivity contribution in [2.24, 2.45) is 9.98 Å². The first-order chi connectivity index (χ1) is 35.7. The van der Waals surface area contributed by atoms with E-state index in [4.69, 9.17) is 9.98 Å². The smallest absolute Gasteiger partial charge is 0.135 e. The number of hydrogen-bond donors (Lipinski definition) is 0. The van der Waals surface area contributed by atoms with Crippen molar-refractivity contribution in [1.29, 1.82) is 0 Å². The molecule has 2 nitrogen and oxygen atoms in total. The van der Waals surface area contributed by atoms with Crippen LogP contribution in [0.4, 0.5) is 11.4 Å². The molecular weight excluding hydrogens is 927 g/mol. The number of aryl methyl sites for hydroxylation is 2. The summed E-state index contributed by atoms with van der Waals surface area (Å²) in [6.45, 7) is 9.20. The minimum atomic E-state index is 0. The molecule has 0 fully saturated rings. The molecule has 0 saturated carbocycles. The molecule has 0 amide bonds. The number of unbranched alkanes of at least 4 members (excludes halogenated alkanes) is 37. The maximum atomic E-state index is 5.50. The minimum absolute atomic E-state index is 0. The number of rotatable bonds is 50. The third-order valence-electron chi connectivity index (χ3n) is 14.8. The van der Waals surface area contributed by atoms with E-state index in [1.54, 1.807) is 0 Å². The van der Waals surface area contributed by atoms with Crippen LogP contribution in [0.1, 0.15) is 321 Å². The Labute approximate surface area is 465 Å². The van der Waals surface area contributed by atoms with Gasteiger partial charge in [-0.3, -0.25) is 4.99 Å². The van der Waals surface area contributed by atoms with Gasteiger partial charge in [0.15, 0.2) is 0 Å². The Hall–Kier alpha value is -2.69. The Bertz CT molecular complexity index is 1690. The molecule has 0 aliphatic rings. The number of para-hydroxylation sites is 2. The third-order valence-corrected chi connectivity index (χ3v) is 14.8. The molecule has 0 bridgehead atoms. The molecule has 0 unspecified atom stereocenters. The monoisotopic (exact) mass is 1040 g/mol. The Morgan fingerprint density at radius 3 is 1.05 bits per heavy atom. The zero-order valence-electron chi connectivity index (χ0n) is 48.7. The third kappa shape index (κ3) is 41.2. The zero-order chi connectivity index (χ0) is 51.3. The molecule has 3 heteroatoms. The van der Waals surface area contributed by atoms with Gasteiger partial charge in [0, 0.05) is 22.9 Å². The molecule has 0 saturated heterocycles. The number of hydrogen-bond acceptors (Lipinski definition) is 2. The van der Waals surface area contributed by atoms with Crippen LogP contribution in [-0.2, 0) is 29.3 Å². The average molecular weight is 1040 g/mol. The molecule has 0 spiro atoms. The van der Waals surface area contributed by atoms with Gasteiger partial charge >= 0.3 is 0 Å². The number of nitrogens with zero attached hydrogens (tertiary/aromatic N) is 2. The van der Waals surface area contributed by atoms with Gasteiger partial charge in [-0.2, -0.15) is 0 Å². The van der Waals surface area contributed by atoms with Crippen LogP contribution in [0.3, 0.4) is 0 Å². The quantitative estimate of drug-likeness (QED) is 0.0207. The van der Waals surface area contributed by atoms with E-state index in [0.717, 1.165) is 87.0 Å². The molecule has 0 N–H and O–H groups in total. The summed E-state index contributed by atoms with van der Waals surface area (Å²) in [5, 5.41) is 0. The fraction of sp³-hybridized carbons (Fsp3) is 0.714. The van der Waals surface area contributed by atoms with Gasteiger partial charge in [-0.05, 0) is 113 Å². The maximum absolute atomic E-state index is 5.50. The van der Waals surface area contributed by atoms with Crippen LogP contribution in [0, 0.1) is 11.8 Å². The molecule has 73 heavy (non-hydrogen) atoms. The maximum Gasteiger partial charge on any atom is 0.135 e. The Morgan fingerprint density at radius 2 is 0.671 bits per heavy atom. The van der Waals surface area contributed by atoms with E-state index in [2.05, 4.69) is 112 Å². The van der Waals surface area contributed by atoms with E-state index in [9.17, 15) is 0 Å². The first kappa shape index (κ1) is 68.3. The van der Waals surface area contributed by atoms with Crippen LogP contribution >= 0.6 is 0 Å². The zero-order valence-corrected chi connectivity index (χ0v) is 49.7. The van der Waals surface area contributed by atoms with Gasteiger partial charge in [0.25, 0.3) is 0 Å². The summed E-state index contributed by atoms with van der Waals surface area (Å²) >= 11 is 0. The van der Waals surface area contributed by atoms with Crippen molar-refractivity contribution in [3.8, 4) is 11.8 Å². The van der Waals surface area contributed by atoms with Crippen LogP contribution in [0.5, 0.6) is 0 Å². The largest absolute Gasteiger partial charge is 0.250 e. The average Bonchev–Trinajstić information content (AvgIpc) is 3.40. The van der Waals surface area contributed by atoms with Crippen molar-refractivity contribution in [1.82, 2.24) is 0 Å². The van der Waals surface area contributed by atoms with Crippen LogP contribution in [-0.4, -0.2) is 11.4 Å². The van der Waals surface area contributed by atoms with Gasteiger partial charge in [0.05, 0.1) is 17.1 Å². The molecule has 2 aromatic carbocycles. The van der Waals surface area contributed by atoms with E-state index in [0.29, 0.717) is 0 Å². The molecule has 0 atom stereocenters. The van der Waals surface area contributed by atoms with E-state index < -0.39 is 0 Å². The number of aliphatic imine (C=N–C) groups is 2. The van der Waals surface area contributed by atoms with Gasteiger partial charge in [-0.25, -0.2) is 4.99 Å². The van der Waals surface area contributed by atoms with Crippen molar-refractivity contribution in [3.05, 3.63) is 84.0 Å². The van der Waals surface area contributed by atoms with Gasteiger partial charge < -0.3 is 0 Å². The first-order valence-electron chi connectivity index (χ1n) is 31.8. The summed E-state index contributed by atoms with van der Waals surface area (Å²) in [5.74, 6) is 7.30. The topological polar surface area (TPSA) is 24.7 Å². The first-order valence-corrected chi connectivity index (χ1v) is 31.8. The molecule has 0 aromatic heterocycles. The van der Waals surface area contributed by atoms with Gasteiger partial charge in [-0.15, -0.1) is 0 Å². The van der Waals surface area contributed by atoms with Crippen LogP contribution in [0.25, 0.3) is 0 Å².